The summed E-state index contributed by atoms with van der Waals surface area (Å²) >= 11 is 23.1. The van der Waals surface area contributed by atoms with Crippen molar-refractivity contribution in [1.29, 1.82) is 0 Å². The first-order valence-electron chi connectivity index (χ1n) is 4.79. The summed E-state index contributed by atoms with van der Waals surface area (Å²) in [6, 6.07) is 1.89. The highest BCUT2D eigenvalue weighted by molar-refractivity contribution is 8.77. The van der Waals surface area contributed by atoms with Gasteiger partial charge in [0, 0.05) is 11.9 Å². The van der Waals surface area contributed by atoms with E-state index in [-0.39, 0.29) is 0 Å². The molecule has 1 rings (SSSR count). The molecule has 0 amide bonds. The molecule has 0 N–H and O–H groups in total. The number of nitrogens with zero attached hydrogens (tertiary/aromatic N) is 2. The van der Waals surface area contributed by atoms with Crippen molar-refractivity contribution in [3.05, 3.63) is 18.0 Å². The van der Waals surface area contributed by atoms with Crippen molar-refractivity contribution in [2.75, 3.05) is 0 Å². The Kier molecular flexibility index (Phi) is 7.07. The molecular weight excluding hydrogens is 342 g/mol. The van der Waals surface area contributed by atoms with Crippen molar-refractivity contribution >= 4 is 68.0 Å². The van der Waals surface area contributed by atoms with Gasteiger partial charge in [0.25, 0.3) is 0 Å². The lowest BCUT2D eigenvalue weighted by molar-refractivity contribution is 0.829. The molecule has 1 heterocycles. The van der Waals surface area contributed by atoms with E-state index in [1.54, 1.807) is 6.20 Å². The maximum absolute atomic E-state index is 5.91. The highest BCUT2D eigenvalue weighted by Gasteiger charge is 2.34. The van der Waals surface area contributed by atoms with Gasteiger partial charge in [0.15, 0.2) is 9.99 Å². The molecule has 0 aliphatic heterocycles. The van der Waals surface area contributed by atoms with E-state index in [2.05, 4.69) is 16.9 Å². The second kappa shape index (κ2) is 7.51. The predicted octanol–water partition coefficient (Wildman–Crippen LogP) is 5.10. The van der Waals surface area contributed by atoms with Gasteiger partial charge < -0.3 is 0 Å². The normalized spacial score (nSPS) is 12.1. The Bertz CT molecular complexity index is 363. The largest absolute Gasteiger partial charge is 0.230 e. The Hall–Kier alpha value is 0.940. The molecule has 1 aromatic heterocycles. The maximum Gasteiger partial charge on any atom is 0.203 e. The fourth-order valence-electron chi connectivity index (χ4n) is 0.941. The molecule has 96 valence electrons. The first-order valence-corrected chi connectivity index (χ1v) is 8.57. The quantitative estimate of drug-likeness (QED) is 0.404. The van der Waals surface area contributed by atoms with Gasteiger partial charge in [-0.2, -0.15) is 0 Å². The van der Waals surface area contributed by atoms with E-state index in [4.69, 9.17) is 46.4 Å². The molecule has 0 unspecified atom stereocenters. The summed E-state index contributed by atoms with van der Waals surface area (Å²) in [5.74, 6) is 0. The molecule has 0 aliphatic carbocycles. The van der Waals surface area contributed by atoms with Crippen LogP contribution in [0.15, 0.2) is 17.4 Å². The second-order valence-corrected chi connectivity index (χ2v) is 8.38. The SMILES string of the molecule is CCCc1ccnc(SSC(Cl)(Cl)C(Cl)Cl)n1. The van der Waals surface area contributed by atoms with Crippen LogP contribution in [0.3, 0.4) is 0 Å². The van der Waals surface area contributed by atoms with Crippen LogP contribution in [-0.4, -0.2) is 18.5 Å². The molecule has 8 heteroatoms. The Morgan fingerprint density at radius 1 is 1.41 bits per heavy atom. The number of aryl methyl sites for hydroxylation is 1. The zero-order valence-electron chi connectivity index (χ0n) is 8.87. The molecule has 0 bridgehead atoms. The van der Waals surface area contributed by atoms with Crippen LogP contribution in [-0.2, 0) is 6.42 Å². The minimum absolute atomic E-state index is 0.598. The molecule has 0 fully saturated rings. The van der Waals surface area contributed by atoms with Crippen LogP contribution in [0.1, 0.15) is 19.0 Å². The summed E-state index contributed by atoms with van der Waals surface area (Å²) in [6.07, 6.45) is 3.67. The van der Waals surface area contributed by atoms with Gasteiger partial charge in [-0.3, -0.25) is 0 Å². The Labute approximate surface area is 129 Å². The van der Waals surface area contributed by atoms with E-state index in [0.717, 1.165) is 29.3 Å². The number of rotatable bonds is 6. The van der Waals surface area contributed by atoms with Gasteiger partial charge in [-0.1, -0.05) is 36.5 Å². The summed E-state index contributed by atoms with van der Waals surface area (Å²) in [7, 11) is 2.38. The lowest BCUT2D eigenvalue weighted by Gasteiger charge is -2.18. The smallest absolute Gasteiger partial charge is 0.203 e. The fraction of sp³-hybridized carbons (Fsp3) is 0.556. The minimum atomic E-state index is -1.28. The van der Waals surface area contributed by atoms with Gasteiger partial charge in [-0.05, 0) is 34.1 Å². The molecule has 2 nitrogen and oxygen atoms in total. The van der Waals surface area contributed by atoms with Crippen molar-refractivity contribution in [2.24, 2.45) is 0 Å². The molecule has 17 heavy (non-hydrogen) atoms. The summed E-state index contributed by atoms with van der Waals surface area (Å²) in [4.78, 5) is 7.58. The lowest BCUT2D eigenvalue weighted by atomic mass is 10.2. The summed E-state index contributed by atoms with van der Waals surface area (Å²) < 4.78 is -1.28. The van der Waals surface area contributed by atoms with Crippen LogP contribution in [0.25, 0.3) is 0 Å². The maximum atomic E-state index is 5.91. The third kappa shape index (κ3) is 5.62. The van der Waals surface area contributed by atoms with Gasteiger partial charge in [0.1, 0.15) is 0 Å². The van der Waals surface area contributed by atoms with E-state index >= 15 is 0 Å². The van der Waals surface area contributed by atoms with Gasteiger partial charge in [-0.15, -0.1) is 23.2 Å². The molecule has 0 atom stereocenters. The van der Waals surface area contributed by atoms with Crippen LogP contribution in [0.4, 0.5) is 0 Å². The van der Waals surface area contributed by atoms with E-state index < -0.39 is 8.50 Å². The first kappa shape index (κ1) is 16.0. The lowest BCUT2D eigenvalue weighted by Crippen LogP contribution is -2.15. The minimum Gasteiger partial charge on any atom is -0.230 e. The molecule has 0 spiro atoms. The van der Waals surface area contributed by atoms with Crippen LogP contribution >= 0.6 is 68.0 Å². The third-order valence-corrected chi connectivity index (χ3v) is 6.86. The monoisotopic (exact) mass is 350 g/mol. The third-order valence-electron chi connectivity index (χ3n) is 1.68. The topological polar surface area (TPSA) is 25.8 Å². The van der Waals surface area contributed by atoms with E-state index in [1.165, 1.54) is 10.8 Å². The van der Waals surface area contributed by atoms with Gasteiger partial charge >= 0.3 is 0 Å². The molecule has 0 radical (unpaired) electrons. The number of hydrogen-bond donors (Lipinski definition) is 0. The molecular formula is C9H10Cl4N2S2. The molecule has 0 saturated carbocycles. The zero-order chi connectivity index (χ0) is 12.9. The van der Waals surface area contributed by atoms with Crippen LogP contribution in [0.5, 0.6) is 0 Å². The molecule has 0 aromatic carbocycles. The zero-order valence-corrected chi connectivity index (χ0v) is 13.5. The van der Waals surface area contributed by atoms with E-state index in [0.29, 0.717) is 5.16 Å². The second-order valence-electron chi connectivity index (χ2n) is 3.11. The number of alkyl halides is 4. The Balaban J connectivity index is 2.60. The van der Waals surface area contributed by atoms with Crippen molar-refractivity contribution in [2.45, 2.75) is 33.4 Å². The van der Waals surface area contributed by atoms with Gasteiger partial charge in [0.2, 0.25) is 3.67 Å². The van der Waals surface area contributed by atoms with Crippen molar-refractivity contribution in [3.63, 3.8) is 0 Å². The summed E-state index contributed by atoms with van der Waals surface area (Å²) in [5, 5.41) is 0.598. The van der Waals surface area contributed by atoms with E-state index in [1.807, 2.05) is 6.07 Å². The van der Waals surface area contributed by atoms with Crippen LogP contribution in [0.2, 0.25) is 0 Å². The van der Waals surface area contributed by atoms with Gasteiger partial charge in [0.05, 0.1) is 0 Å². The average Bonchev–Trinajstić information content (AvgIpc) is 2.27. The van der Waals surface area contributed by atoms with Gasteiger partial charge in [-0.25, -0.2) is 9.97 Å². The number of hydrogen-bond acceptors (Lipinski definition) is 4. The summed E-state index contributed by atoms with van der Waals surface area (Å²) in [6.45, 7) is 2.10. The Morgan fingerprint density at radius 3 is 2.71 bits per heavy atom. The Morgan fingerprint density at radius 2 is 2.12 bits per heavy atom. The number of halogens is 4. The number of aromatic nitrogens is 2. The molecule has 0 saturated heterocycles. The van der Waals surface area contributed by atoms with Crippen LogP contribution in [0, 0.1) is 0 Å². The van der Waals surface area contributed by atoms with Crippen molar-refractivity contribution in [3.8, 4) is 0 Å². The first-order chi connectivity index (χ1) is 7.95. The fourth-order valence-corrected chi connectivity index (χ4v) is 3.70. The van der Waals surface area contributed by atoms with Crippen molar-refractivity contribution < 1.29 is 0 Å². The van der Waals surface area contributed by atoms with E-state index in [9.17, 15) is 0 Å². The molecule has 0 aliphatic rings. The summed E-state index contributed by atoms with van der Waals surface area (Å²) in [5.41, 5.74) is 0.994. The average molecular weight is 352 g/mol. The predicted molar refractivity (Wildman–Crippen MR) is 79.4 cm³/mol. The van der Waals surface area contributed by atoms with Crippen molar-refractivity contribution in [1.82, 2.24) is 9.97 Å². The highest BCUT2D eigenvalue weighted by atomic mass is 35.5. The highest BCUT2D eigenvalue weighted by Crippen LogP contribution is 2.50. The van der Waals surface area contributed by atoms with Crippen LogP contribution < -0.4 is 0 Å². The standard InChI is InChI=1S/C9H10Cl4N2S2/c1-2-3-6-4-5-14-8(15-6)16-17-9(12,13)7(10)11/h4-5,7H,2-3H2,1H3. The molecule has 1 aromatic rings.